The Hall–Kier alpha value is -1.46. The van der Waals surface area contributed by atoms with Crippen LogP contribution in [0.3, 0.4) is 0 Å². The number of halogens is 1. The molecule has 0 saturated carbocycles. The summed E-state index contributed by atoms with van der Waals surface area (Å²) in [4.78, 5) is 14.4. The molecule has 1 aromatic rings. The minimum Gasteiger partial charge on any atom is -0.384 e. The number of nitrogens with one attached hydrogen (secondary N) is 1. The number of rotatable bonds is 4. The number of methoxy groups -OCH3 is 1. The quantitative estimate of drug-likeness (QED) is 0.914. The van der Waals surface area contributed by atoms with Gasteiger partial charge >= 0.3 is 0 Å². The molecule has 4 nitrogen and oxygen atoms in total. The van der Waals surface area contributed by atoms with E-state index in [4.69, 9.17) is 4.74 Å². The van der Waals surface area contributed by atoms with Gasteiger partial charge < -0.3 is 15.0 Å². The van der Waals surface area contributed by atoms with Crippen LogP contribution in [0.15, 0.2) is 24.3 Å². The van der Waals surface area contributed by atoms with Gasteiger partial charge in [-0.25, -0.2) is 4.39 Å². The lowest BCUT2D eigenvalue weighted by Gasteiger charge is -2.38. The van der Waals surface area contributed by atoms with Crippen molar-refractivity contribution in [2.45, 2.75) is 12.8 Å². The first kappa shape index (κ1) is 14.9. The van der Waals surface area contributed by atoms with Crippen LogP contribution in [-0.4, -0.2) is 39.8 Å². The smallest absolute Gasteiger partial charge is 0.235 e. The van der Waals surface area contributed by atoms with E-state index in [2.05, 4.69) is 5.32 Å². The van der Waals surface area contributed by atoms with Gasteiger partial charge in [0.15, 0.2) is 0 Å². The molecule has 0 spiro atoms. The normalized spacial score (nSPS) is 17.8. The monoisotopic (exact) mass is 280 g/mol. The first-order chi connectivity index (χ1) is 9.59. The molecule has 1 aliphatic heterocycles. The lowest BCUT2D eigenvalue weighted by Crippen LogP contribution is -2.50. The summed E-state index contributed by atoms with van der Waals surface area (Å²) in [6.45, 7) is 1.99. The van der Waals surface area contributed by atoms with Crippen molar-refractivity contribution in [2.24, 2.45) is 5.41 Å². The van der Waals surface area contributed by atoms with Gasteiger partial charge in [0.25, 0.3) is 0 Å². The molecule has 0 unspecified atom stereocenters. The van der Waals surface area contributed by atoms with Crippen molar-refractivity contribution in [1.82, 2.24) is 5.32 Å². The maximum atomic E-state index is 13.3. The van der Waals surface area contributed by atoms with Crippen LogP contribution in [0.4, 0.5) is 10.1 Å². The third-order valence-electron chi connectivity index (χ3n) is 3.94. The molecule has 0 bridgehead atoms. The van der Waals surface area contributed by atoms with Crippen LogP contribution in [0.5, 0.6) is 0 Å². The molecule has 1 amide bonds. The van der Waals surface area contributed by atoms with E-state index in [1.54, 1.807) is 26.3 Å². The van der Waals surface area contributed by atoms with Gasteiger partial charge in [0.05, 0.1) is 12.0 Å². The highest BCUT2D eigenvalue weighted by atomic mass is 19.1. The summed E-state index contributed by atoms with van der Waals surface area (Å²) < 4.78 is 18.6. The minimum atomic E-state index is -0.513. The summed E-state index contributed by atoms with van der Waals surface area (Å²) in [5.74, 6) is -0.347. The topological polar surface area (TPSA) is 41.6 Å². The predicted octanol–water partition coefficient (Wildman–Crippen LogP) is 1.80. The van der Waals surface area contributed by atoms with Crippen molar-refractivity contribution >= 4 is 11.6 Å². The third kappa shape index (κ3) is 2.99. The van der Waals surface area contributed by atoms with Crippen LogP contribution in [0.1, 0.15) is 12.8 Å². The van der Waals surface area contributed by atoms with Crippen molar-refractivity contribution in [3.8, 4) is 0 Å². The highest BCUT2D eigenvalue weighted by molar-refractivity contribution is 5.97. The average Bonchev–Trinajstić information content (AvgIpc) is 2.47. The molecular formula is C15H21FN2O2. The van der Waals surface area contributed by atoms with Crippen LogP contribution in [-0.2, 0) is 9.53 Å². The Morgan fingerprint density at radius 1 is 1.45 bits per heavy atom. The van der Waals surface area contributed by atoms with E-state index in [0.29, 0.717) is 12.3 Å². The number of benzene rings is 1. The van der Waals surface area contributed by atoms with E-state index >= 15 is 0 Å². The second-order valence-corrected chi connectivity index (χ2v) is 5.31. The lowest BCUT2D eigenvalue weighted by molar-refractivity contribution is -0.133. The molecule has 1 heterocycles. The number of nitrogens with zero attached hydrogens (tertiary/aromatic N) is 1. The molecule has 2 rings (SSSR count). The standard InChI is InChI=1S/C15H21FN2O2/c1-18(13-5-3-4-12(16)10-13)14(19)15(11-20-2)6-8-17-9-7-15/h3-5,10,17H,6-9,11H2,1-2H3. The molecule has 5 heteroatoms. The average molecular weight is 280 g/mol. The zero-order valence-electron chi connectivity index (χ0n) is 12.0. The maximum Gasteiger partial charge on any atom is 0.235 e. The van der Waals surface area contributed by atoms with Gasteiger partial charge in [0.2, 0.25) is 5.91 Å². The fraction of sp³-hybridized carbons (Fsp3) is 0.533. The number of carbonyl (C=O) groups is 1. The van der Waals surface area contributed by atoms with Crippen LogP contribution < -0.4 is 10.2 Å². The molecular weight excluding hydrogens is 259 g/mol. The molecule has 0 radical (unpaired) electrons. The van der Waals surface area contributed by atoms with Gasteiger partial charge in [-0.15, -0.1) is 0 Å². The van der Waals surface area contributed by atoms with E-state index in [1.165, 1.54) is 17.0 Å². The van der Waals surface area contributed by atoms with Gasteiger partial charge in [-0.05, 0) is 44.1 Å². The number of anilines is 1. The summed E-state index contributed by atoms with van der Waals surface area (Å²) in [5, 5.41) is 3.25. The Labute approximate surface area is 118 Å². The Morgan fingerprint density at radius 3 is 2.75 bits per heavy atom. The summed E-state index contributed by atoms with van der Waals surface area (Å²) in [7, 11) is 3.30. The van der Waals surface area contributed by atoms with Gasteiger partial charge in [-0.2, -0.15) is 0 Å². The van der Waals surface area contributed by atoms with Gasteiger partial charge in [0, 0.05) is 19.8 Å². The molecule has 1 N–H and O–H groups in total. The van der Waals surface area contributed by atoms with E-state index < -0.39 is 5.41 Å². The SMILES string of the molecule is COCC1(C(=O)N(C)c2cccc(F)c2)CCNCC1. The first-order valence-electron chi connectivity index (χ1n) is 6.82. The highest BCUT2D eigenvalue weighted by Crippen LogP contribution is 2.33. The van der Waals surface area contributed by atoms with Crippen LogP contribution in [0.2, 0.25) is 0 Å². The van der Waals surface area contributed by atoms with Gasteiger partial charge in [0.1, 0.15) is 5.82 Å². The van der Waals surface area contributed by atoms with Crippen molar-refractivity contribution in [2.75, 3.05) is 38.8 Å². The fourth-order valence-corrected chi connectivity index (χ4v) is 2.76. The minimum absolute atomic E-state index is 0.00792. The summed E-state index contributed by atoms with van der Waals surface area (Å²) in [5.41, 5.74) is 0.0603. The first-order valence-corrected chi connectivity index (χ1v) is 6.82. The molecule has 20 heavy (non-hydrogen) atoms. The van der Waals surface area contributed by atoms with Crippen LogP contribution in [0, 0.1) is 11.2 Å². The van der Waals surface area contributed by atoms with Crippen LogP contribution >= 0.6 is 0 Å². The summed E-state index contributed by atoms with van der Waals surface area (Å²) in [6, 6.07) is 6.10. The van der Waals surface area contributed by atoms with Gasteiger partial charge in [-0.3, -0.25) is 4.79 Å². The number of hydrogen-bond acceptors (Lipinski definition) is 3. The molecule has 0 aliphatic carbocycles. The highest BCUT2D eigenvalue weighted by Gasteiger charge is 2.41. The summed E-state index contributed by atoms with van der Waals surface area (Å²) in [6.07, 6.45) is 1.47. The zero-order valence-corrected chi connectivity index (χ0v) is 12.0. The van der Waals surface area contributed by atoms with Crippen molar-refractivity contribution in [3.63, 3.8) is 0 Å². The molecule has 1 aromatic carbocycles. The van der Waals surface area contributed by atoms with E-state index in [0.717, 1.165) is 25.9 Å². The van der Waals surface area contributed by atoms with Crippen molar-refractivity contribution in [1.29, 1.82) is 0 Å². The second-order valence-electron chi connectivity index (χ2n) is 5.31. The molecule has 1 aliphatic rings. The van der Waals surface area contributed by atoms with Crippen molar-refractivity contribution < 1.29 is 13.9 Å². The lowest BCUT2D eigenvalue weighted by atomic mass is 9.78. The Kier molecular flexibility index (Phi) is 4.73. The van der Waals surface area contributed by atoms with E-state index in [-0.39, 0.29) is 11.7 Å². The molecule has 1 fully saturated rings. The van der Waals surface area contributed by atoms with Crippen molar-refractivity contribution in [3.05, 3.63) is 30.1 Å². The number of carbonyl (C=O) groups excluding carboxylic acids is 1. The fourth-order valence-electron chi connectivity index (χ4n) is 2.76. The number of amides is 1. The molecule has 0 aromatic heterocycles. The Morgan fingerprint density at radius 2 is 2.15 bits per heavy atom. The summed E-state index contributed by atoms with van der Waals surface area (Å²) >= 11 is 0. The zero-order chi connectivity index (χ0) is 14.6. The third-order valence-corrected chi connectivity index (χ3v) is 3.94. The molecule has 1 saturated heterocycles. The number of ether oxygens (including phenoxy) is 1. The maximum absolute atomic E-state index is 13.3. The molecule has 0 atom stereocenters. The predicted molar refractivity (Wildman–Crippen MR) is 76.2 cm³/mol. The second kappa shape index (κ2) is 6.33. The van der Waals surface area contributed by atoms with Crippen LogP contribution in [0.25, 0.3) is 0 Å². The van der Waals surface area contributed by atoms with Gasteiger partial charge in [-0.1, -0.05) is 6.07 Å². The van der Waals surface area contributed by atoms with E-state index in [9.17, 15) is 9.18 Å². The Bertz CT molecular complexity index is 467. The number of piperidine rings is 1. The molecule has 110 valence electrons. The largest absolute Gasteiger partial charge is 0.384 e. The Balaban J connectivity index is 2.22. The number of hydrogen-bond donors (Lipinski definition) is 1. The van der Waals surface area contributed by atoms with E-state index in [1.807, 2.05) is 0 Å².